The molecule has 0 bridgehead atoms. The Morgan fingerprint density at radius 2 is 1.56 bits per heavy atom. The van der Waals surface area contributed by atoms with Gasteiger partial charge in [0.15, 0.2) is 5.96 Å². The number of carbonyl (C=O) groups is 2. The van der Waals surface area contributed by atoms with E-state index >= 15 is 0 Å². The molecule has 0 aliphatic carbocycles. The monoisotopic (exact) mass is 358 g/mol. The Morgan fingerprint density at radius 3 is 2.08 bits per heavy atom. The first-order valence-electron chi connectivity index (χ1n) is 9.09. The molecule has 0 radical (unpaired) electrons. The van der Waals surface area contributed by atoms with E-state index in [1.165, 1.54) is 32.1 Å². The van der Waals surface area contributed by atoms with Gasteiger partial charge in [0, 0.05) is 6.54 Å². The molecule has 0 aliphatic heterocycles. The number of carbonyl (C=O) groups excluding carboxylic acids is 1. The molecule has 0 heterocycles. The summed E-state index contributed by atoms with van der Waals surface area (Å²) in [6, 6.07) is 0. The fraction of sp³-hybridized carbons (Fsp3) is 0.824. The molecule has 0 saturated heterocycles. The molecule has 25 heavy (non-hydrogen) atoms. The van der Waals surface area contributed by atoms with Crippen LogP contribution in [0.5, 0.6) is 0 Å². The standard InChI is InChI=1S/C17H34N4O4/c1-2-3-4-5-6-7-8-9-13-25-15(24)17(20,14(22)23)11-10-12-21-16(18)19/h2-13,20H2,1H3,(H,22,23)(H4,18,19,21)/t17-/m0/s1. The summed E-state index contributed by atoms with van der Waals surface area (Å²) in [5, 5.41) is 9.24. The topological polar surface area (TPSA) is 154 Å². The van der Waals surface area contributed by atoms with E-state index in [1.807, 2.05) is 0 Å². The van der Waals surface area contributed by atoms with Gasteiger partial charge in [0.05, 0.1) is 6.61 Å². The fourth-order valence-electron chi connectivity index (χ4n) is 2.39. The molecule has 0 aromatic heterocycles. The van der Waals surface area contributed by atoms with Gasteiger partial charge in [0.25, 0.3) is 0 Å². The molecule has 0 aliphatic rings. The minimum atomic E-state index is -2.06. The number of nitrogens with zero attached hydrogens (tertiary/aromatic N) is 1. The van der Waals surface area contributed by atoms with Crippen LogP contribution in [-0.4, -0.2) is 41.7 Å². The van der Waals surface area contributed by atoms with Crippen LogP contribution in [0, 0.1) is 0 Å². The molecule has 0 spiro atoms. The second-order valence-corrected chi connectivity index (χ2v) is 6.30. The molecule has 0 rings (SSSR count). The number of hydrogen-bond acceptors (Lipinski definition) is 5. The number of rotatable bonds is 15. The molecule has 8 nitrogen and oxygen atoms in total. The Labute approximate surface area is 150 Å². The third-order valence-electron chi connectivity index (χ3n) is 4.00. The van der Waals surface area contributed by atoms with E-state index in [9.17, 15) is 14.7 Å². The van der Waals surface area contributed by atoms with Crippen molar-refractivity contribution in [2.75, 3.05) is 13.2 Å². The van der Waals surface area contributed by atoms with E-state index in [-0.39, 0.29) is 32.0 Å². The first-order chi connectivity index (χ1) is 11.8. The maximum absolute atomic E-state index is 12.0. The number of hydrogen-bond donors (Lipinski definition) is 4. The van der Waals surface area contributed by atoms with Gasteiger partial charge < -0.3 is 27.0 Å². The summed E-state index contributed by atoms with van der Waals surface area (Å²) in [5.41, 5.74) is 14.0. The number of aliphatic imine (C=N–C) groups is 1. The van der Waals surface area contributed by atoms with Crippen LogP contribution < -0.4 is 17.2 Å². The van der Waals surface area contributed by atoms with Gasteiger partial charge in [-0.25, -0.2) is 9.59 Å². The average molecular weight is 358 g/mol. The smallest absolute Gasteiger partial charge is 0.337 e. The number of nitrogens with two attached hydrogens (primary N) is 3. The van der Waals surface area contributed by atoms with Crippen LogP contribution >= 0.6 is 0 Å². The Bertz CT molecular complexity index is 425. The van der Waals surface area contributed by atoms with Gasteiger partial charge in [-0.05, 0) is 19.3 Å². The number of esters is 1. The zero-order valence-electron chi connectivity index (χ0n) is 15.3. The van der Waals surface area contributed by atoms with Gasteiger partial charge in [0.1, 0.15) is 0 Å². The zero-order valence-corrected chi connectivity index (χ0v) is 15.3. The highest BCUT2D eigenvalue weighted by Crippen LogP contribution is 2.14. The highest BCUT2D eigenvalue weighted by Gasteiger charge is 2.43. The summed E-state index contributed by atoms with van der Waals surface area (Å²) < 4.78 is 5.06. The predicted molar refractivity (Wildman–Crippen MR) is 98.0 cm³/mol. The van der Waals surface area contributed by atoms with Crippen LogP contribution in [0.15, 0.2) is 4.99 Å². The third-order valence-corrected chi connectivity index (χ3v) is 4.00. The number of ether oxygens (including phenoxy) is 1. The number of carboxylic acid groups (broad SMARTS) is 1. The van der Waals surface area contributed by atoms with Crippen molar-refractivity contribution < 1.29 is 19.4 Å². The van der Waals surface area contributed by atoms with Gasteiger partial charge in [-0.1, -0.05) is 51.9 Å². The zero-order chi connectivity index (χ0) is 19.1. The Morgan fingerprint density at radius 1 is 1.00 bits per heavy atom. The van der Waals surface area contributed by atoms with Crippen LogP contribution in [0.3, 0.4) is 0 Å². The van der Waals surface area contributed by atoms with Crippen LogP contribution in [0.1, 0.15) is 71.1 Å². The first kappa shape index (κ1) is 23.2. The van der Waals surface area contributed by atoms with Crippen molar-refractivity contribution >= 4 is 17.9 Å². The molecule has 0 unspecified atom stereocenters. The molecule has 8 heteroatoms. The molecule has 0 aromatic rings. The molecule has 0 fully saturated rings. The summed E-state index contributed by atoms with van der Waals surface area (Å²) >= 11 is 0. The molecular formula is C17H34N4O4. The van der Waals surface area contributed by atoms with Gasteiger partial charge in [-0.3, -0.25) is 4.99 Å². The molecule has 7 N–H and O–H groups in total. The summed E-state index contributed by atoms with van der Waals surface area (Å²) in [6.07, 6.45) is 9.11. The van der Waals surface area contributed by atoms with Gasteiger partial charge in [-0.2, -0.15) is 0 Å². The van der Waals surface area contributed by atoms with Crippen molar-refractivity contribution in [3.63, 3.8) is 0 Å². The van der Waals surface area contributed by atoms with E-state index in [1.54, 1.807) is 0 Å². The van der Waals surface area contributed by atoms with Gasteiger partial charge in [0.2, 0.25) is 5.54 Å². The van der Waals surface area contributed by atoms with Crippen molar-refractivity contribution in [2.45, 2.75) is 76.7 Å². The molecule has 0 aromatic carbocycles. The normalized spacial score (nSPS) is 13.0. The molecule has 1 atom stereocenters. The summed E-state index contributed by atoms with van der Waals surface area (Å²) in [4.78, 5) is 27.1. The van der Waals surface area contributed by atoms with Gasteiger partial charge >= 0.3 is 11.9 Å². The van der Waals surface area contributed by atoms with Crippen molar-refractivity contribution in [1.82, 2.24) is 0 Å². The van der Waals surface area contributed by atoms with E-state index < -0.39 is 17.5 Å². The quantitative estimate of drug-likeness (QED) is 0.114. The second-order valence-electron chi connectivity index (χ2n) is 6.30. The highest BCUT2D eigenvalue weighted by molar-refractivity contribution is 6.03. The summed E-state index contributed by atoms with van der Waals surface area (Å²) in [6.45, 7) is 2.58. The Kier molecular flexibility index (Phi) is 12.5. The minimum Gasteiger partial charge on any atom is -0.479 e. The number of aliphatic carboxylic acids is 1. The van der Waals surface area contributed by atoms with E-state index in [2.05, 4.69) is 11.9 Å². The highest BCUT2D eigenvalue weighted by atomic mass is 16.5. The number of unbranched alkanes of at least 4 members (excludes halogenated alkanes) is 7. The number of carboxylic acids is 1. The van der Waals surface area contributed by atoms with Crippen LogP contribution in [0.2, 0.25) is 0 Å². The van der Waals surface area contributed by atoms with Crippen LogP contribution in [0.25, 0.3) is 0 Å². The molecule has 146 valence electrons. The van der Waals surface area contributed by atoms with Crippen molar-refractivity contribution in [2.24, 2.45) is 22.2 Å². The first-order valence-corrected chi connectivity index (χ1v) is 9.09. The van der Waals surface area contributed by atoms with Crippen LogP contribution in [-0.2, 0) is 14.3 Å². The molecular weight excluding hydrogens is 324 g/mol. The van der Waals surface area contributed by atoms with Gasteiger partial charge in [-0.15, -0.1) is 0 Å². The van der Waals surface area contributed by atoms with Crippen LogP contribution in [0.4, 0.5) is 0 Å². The van der Waals surface area contributed by atoms with E-state index in [0.717, 1.165) is 12.8 Å². The lowest BCUT2D eigenvalue weighted by molar-refractivity contribution is -0.161. The number of guanidine groups is 1. The third kappa shape index (κ3) is 10.6. The maximum Gasteiger partial charge on any atom is 0.337 e. The average Bonchev–Trinajstić information content (AvgIpc) is 2.56. The minimum absolute atomic E-state index is 0.0878. The van der Waals surface area contributed by atoms with Crippen molar-refractivity contribution in [3.05, 3.63) is 0 Å². The fourth-order valence-corrected chi connectivity index (χ4v) is 2.39. The SMILES string of the molecule is CCCCCCCCCCOC(=O)[C@](N)(CCCN=C(N)N)C(=O)O. The summed E-state index contributed by atoms with van der Waals surface area (Å²) in [5.74, 6) is -2.40. The van der Waals surface area contributed by atoms with Crippen molar-refractivity contribution in [3.8, 4) is 0 Å². The summed E-state index contributed by atoms with van der Waals surface area (Å²) in [7, 11) is 0. The molecule has 0 amide bonds. The molecule has 0 saturated carbocycles. The van der Waals surface area contributed by atoms with E-state index in [0.29, 0.717) is 6.42 Å². The van der Waals surface area contributed by atoms with Crippen molar-refractivity contribution in [1.29, 1.82) is 0 Å². The largest absolute Gasteiger partial charge is 0.479 e. The lowest BCUT2D eigenvalue weighted by Gasteiger charge is -2.22. The lowest BCUT2D eigenvalue weighted by Crippen LogP contribution is -2.56. The Hall–Kier alpha value is -1.83. The van der Waals surface area contributed by atoms with E-state index in [4.69, 9.17) is 21.9 Å². The lowest BCUT2D eigenvalue weighted by atomic mass is 9.95. The second kappa shape index (κ2) is 13.5. The predicted octanol–water partition coefficient (Wildman–Crippen LogP) is 1.51. The maximum atomic E-state index is 12.0. The Balaban J connectivity index is 4.04.